The van der Waals surface area contributed by atoms with E-state index in [1.165, 1.54) is 0 Å². The molecule has 0 radical (unpaired) electrons. The van der Waals surface area contributed by atoms with Gasteiger partial charge in [0, 0.05) is 17.9 Å². The lowest BCUT2D eigenvalue weighted by atomic mass is 9.87. The standard InChI is InChI=1S/C15H18O2/c1-11(2)7-8-14(16)12-9-10-17-15-6-4-3-5-13(12)15/h3-6,12H,1,7-10H2,2H3. The number of carbonyl (C=O) groups excluding carboxylic acids is 1. The fraction of sp³-hybridized carbons (Fsp3) is 0.400. The van der Waals surface area contributed by atoms with E-state index in [-0.39, 0.29) is 5.92 Å². The molecule has 90 valence electrons. The number of rotatable bonds is 4. The predicted molar refractivity (Wildman–Crippen MR) is 68.4 cm³/mol. The molecule has 0 aromatic heterocycles. The van der Waals surface area contributed by atoms with Gasteiger partial charge >= 0.3 is 0 Å². The Balaban J connectivity index is 2.12. The first-order chi connectivity index (χ1) is 8.18. The first-order valence-electron chi connectivity index (χ1n) is 6.07. The monoisotopic (exact) mass is 230 g/mol. The topological polar surface area (TPSA) is 26.3 Å². The molecule has 17 heavy (non-hydrogen) atoms. The number of para-hydroxylation sites is 1. The highest BCUT2D eigenvalue weighted by Crippen LogP contribution is 2.34. The number of carbonyl (C=O) groups is 1. The molecule has 1 atom stereocenters. The highest BCUT2D eigenvalue weighted by Gasteiger charge is 2.26. The summed E-state index contributed by atoms with van der Waals surface area (Å²) in [6, 6.07) is 7.84. The SMILES string of the molecule is C=C(C)CCC(=O)C1CCOc2ccccc21. The van der Waals surface area contributed by atoms with Crippen LogP contribution in [0.1, 0.15) is 37.7 Å². The molecular formula is C15H18O2. The molecule has 0 saturated heterocycles. The Bertz CT molecular complexity index is 434. The Morgan fingerprint density at radius 2 is 2.18 bits per heavy atom. The molecule has 1 heterocycles. The molecule has 2 heteroatoms. The van der Waals surface area contributed by atoms with Crippen LogP contribution in [0, 0.1) is 0 Å². The summed E-state index contributed by atoms with van der Waals surface area (Å²) in [7, 11) is 0. The van der Waals surface area contributed by atoms with Crippen LogP contribution >= 0.6 is 0 Å². The zero-order valence-corrected chi connectivity index (χ0v) is 10.2. The van der Waals surface area contributed by atoms with E-state index in [1.807, 2.05) is 31.2 Å². The van der Waals surface area contributed by atoms with Crippen molar-refractivity contribution in [3.63, 3.8) is 0 Å². The van der Waals surface area contributed by atoms with Gasteiger partial charge in [0.05, 0.1) is 6.61 Å². The number of ether oxygens (including phenoxy) is 1. The Kier molecular flexibility index (Phi) is 3.62. The van der Waals surface area contributed by atoms with Gasteiger partial charge in [-0.05, 0) is 25.8 Å². The molecule has 1 aliphatic heterocycles. The summed E-state index contributed by atoms with van der Waals surface area (Å²) < 4.78 is 5.56. The Morgan fingerprint density at radius 1 is 1.41 bits per heavy atom. The lowest BCUT2D eigenvalue weighted by Crippen LogP contribution is -2.21. The summed E-state index contributed by atoms with van der Waals surface area (Å²) in [6.07, 6.45) is 2.18. The molecule has 0 fully saturated rings. The second-order valence-electron chi connectivity index (χ2n) is 4.65. The fourth-order valence-electron chi connectivity index (χ4n) is 2.19. The summed E-state index contributed by atoms with van der Waals surface area (Å²) >= 11 is 0. The van der Waals surface area contributed by atoms with Crippen molar-refractivity contribution >= 4 is 5.78 Å². The highest BCUT2D eigenvalue weighted by molar-refractivity contribution is 5.86. The van der Waals surface area contributed by atoms with Crippen molar-refractivity contribution in [1.29, 1.82) is 0 Å². The van der Waals surface area contributed by atoms with Gasteiger partial charge in [-0.1, -0.05) is 23.8 Å². The van der Waals surface area contributed by atoms with E-state index < -0.39 is 0 Å². The molecule has 0 amide bonds. The summed E-state index contributed by atoms with van der Waals surface area (Å²) in [6.45, 7) is 6.44. The molecule has 0 N–H and O–H groups in total. The van der Waals surface area contributed by atoms with Crippen LogP contribution in [0.3, 0.4) is 0 Å². The minimum Gasteiger partial charge on any atom is -0.493 e. The van der Waals surface area contributed by atoms with Crippen molar-refractivity contribution in [2.75, 3.05) is 6.61 Å². The van der Waals surface area contributed by atoms with Crippen LogP contribution in [0.5, 0.6) is 5.75 Å². The van der Waals surface area contributed by atoms with Gasteiger partial charge in [-0.25, -0.2) is 0 Å². The number of Topliss-reactive ketones (excluding diaryl/α,β-unsaturated/α-hetero) is 1. The summed E-state index contributed by atoms with van der Waals surface area (Å²) in [4.78, 5) is 12.2. The quantitative estimate of drug-likeness (QED) is 0.740. The molecule has 2 rings (SSSR count). The van der Waals surface area contributed by atoms with Crippen molar-refractivity contribution in [3.05, 3.63) is 42.0 Å². The third-order valence-electron chi connectivity index (χ3n) is 3.15. The van der Waals surface area contributed by atoms with E-state index in [1.54, 1.807) is 0 Å². The van der Waals surface area contributed by atoms with Crippen molar-refractivity contribution in [2.45, 2.75) is 32.1 Å². The first-order valence-corrected chi connectivity index (χ1v) is 6.07. The minimum absolute atomic E-state index is 0.0132. The van der Waals surface area contributed by atoms with Crippen molar-refractivity contribution in [1.82, 2.24) is 0 Å². The average Bonchev–Trinajstić information content (AvgIpc) is 2.35. The van der Waals surface area contributed by atoms with Crippen LogP contribution < -0.4 is 4.74 Å². The molecule has 0 bridgehead atoms. The van der Waals surface area contributed by atoms with E-state index in [9.17, 15) is 4.79 Å². The number of ketones is 1. The van der Waals surface area contributed by atoms with E-state index >= 15 is 0 Å². The molecule has 0 aliphatic carbocycles. The normalized spacial score (nSPS) is 18.1. The van der Waals surface area contributed by atoms with Crippen molar-refractivity contribution < 1.29 is 9.53 Å². The van der Waals surface area contributed by atoms with Gasteiger partial charge in [-0.2, -0.15) is 0 Å². The zero-order valence-electron chi connectivity index (χ0n) is 10.2. The number of benzene rings is 1. The van der Waals surface area contributed by atoms with Crippen LogP contribution in [0.4, 0.5) is 0 Å². The molecule has 1 unspecified atom stereocenters. The minimum atomic E-state index is 0.0132. The van der Waals surface area contributed by atoms with Crippen molar-refractivity contribution in [2.24, 2.45) is 0 Å². The summed E-state index contributed by atoms with van der Waals surface area (Å²) in [5.74, 6) is 1.19. The maximum absolute atomic E-state index is 12.2. The number of allylic oxidation sites excluding steroid dienone is 1. The molecule has 1 aromatic carbocycles. The van der Waals surface area contributed by atoms with Gasteiger partial charge in [0.1, 0.15) is 11.5 Å². The number of fused-ring (bicyclic) bond motifs is 1. The third kappa shape index (κ3) is 2.76. The second kappa shape index (κ2) is 5.17. The Labute approximate surface area is 102 Å². The van der Waals surface area contributed by atoms with Crippen molar-refractivity contribution in [3.8, 4) is 5.75 Å². The fourth-order valence-corrected chi connectivity index (χ4v) is 2.19. The maximum atomic E-state index is 12.2. The maximum Gasteiger partial charge on any atom is 0.140 e. The smallest absolute Gasteiger partial charge is 0.140 e. The molecule has 1 aliphatic rings. The molecule has 0 spiro atoms. The molecular weight excluding hydrogens is 212 g/mol. The molecule has 1 aromatic rings. The Morgan fingerprint density at radius 3 is 2.94 bits per heavy atom. The van der Waals surface area contributed by atoms with Gasteiger partial charge in [0.25, 0.3) is 0 Å². The lowest BCUT2D eigenvalue weighted by Gasteiger charge is -2.24. The first kappa shape index (κ1) is 11.9. The largest absolute Gasteiger partial charge is 0.493 e. The Hall–Kier alpha value is -1.57. The number of hydrogen-bond acceptors (Lipinski definition) is 2. The van der Waals surface area contributed by atoms with Gasteiger partial charge in [-0.15, -0.1) is 6.58 Å². The summed E-state index contributed by atoms with van der Waals surface area (Å²) in [5, 5.41) is 0. The average molecular weight is 230 g/mol. The second-order valence-corrected chi connectivity index (χ2v) is 4.65. The lowest BCUT2D eigenvalue weighted by molar-refractivity contribution is -0.121. The molecule has 0 saturated carbocycles. The van der Waals surface area contributed by atoms with Gasteiger partial charge < -0.3 is 4.74 Å². The van der Waals surface area contributed by atoms with Gasteiger partial charge in [-0.3, -0.25) is 4.79 Å². The van der Waals surface area contributed by atoms with Crippen LogP contribution in [-0.4, -0.2) is 12.4 Å². The van der Waals surface area contributed by atoms with Crippen LogP contribution in [0.2, 0.25) is 0 Å². The highest BCUT2D eigenvalue weighted by atomic mass is 16.5. The van der Waals surface area contributed by atoms with Gasteiger partial charge in [0.2, 0.25) is 0 Å². The van der Waals surface area contributed by atoms with Crippen LogP contribution in [0.15, 0.2) is 36.4 Å². The van der Waals surface area contributed by atoms with E-state index in [0.29, 0.717) is 18.8 Å². The van der Waals surface area contributed by atoms with E-state index in [2.05, 4.69) is 6.58 Å². The predicted octanol–water partition coefficient (Wildman–Crippen LogP) is 3.48. The molecule has 2 nitrogen and oxygen atoms in total. The number of hydrogen-bond donors (Lipinski definition) is 0. The summed E-state index contributed by atoms with van der Waals surface area (Å²) in [5.41, 5.74) is 2.11. The third-order valence-corrected chi connectivity index (χ3v) is 3.15. The zero-order chi connectivity index (χ0) is 12.3. The van der Waals surface area contributed by atoms with Crippen LogP contribution in [0.25, 0.3) is 0 Å². The van der Waals surface area contributed by atoms with E-state index in [0.717, 1.165) is 29.7 Å². The van der Waals surface area contributed by atoms with Gasteiger partial charge in [0.15, 0.2) is 0 Å². The van der Waals surface area contributed by atoms with E-state index in [4.69, 9.17) is 4.74 Å². The van der Waals surface area contributed by atoms with Crippen LogP contribution in [-0.2, 0) is 4.79 Å².